The van der Waals surface area contributed by atoms with Gasteiger partial charge < -0.3 is 5.73 Å². The van der Waals surface area contributed by atoms with E-state index in [0.29, 0.717) is 6.54 Å². The summed E-state index contributed by atoms with van der Waals surface area (Å²) < 4.78 is 2.89. The quantitative estimate of drug-likeness (QED) is 0.929. The number of hydrogen-bond donors (Lipinski definition) is 1. The summed E-state index contributed by atoms with van der Waals surface area (Å²) in [6.45, 7) is 1.33. The first-order chi connectivity index (χ1) is 7.81. The molecule has 1 unspecified atom stereocenters. The second-order valence-corrected chi connectivity index (χ2v) is 4.43. The van der Waals surface area contributed by atoms with Crippen LogP contribution in [0.5, 0.6) is 0 Å². The Balaban J connectivity index is 2.20. The van der Waals surface area contributed by atoms with Crippen LogP contribution in [0.3, 0.4) is 0 Å². The summed E-state index contributed by atoms with van der Waals surface area (Å²) in [6, 6.07) is 8.12. The lowest BCUT2D eigenvalue weighted by atomic mass is 9.99. The third kappa shape index (κ3) is 2.48. The summed E-state index contributed by atoms with van der Waals surface area (Å²) in [6.07, 6.45) is 3.24. The van der Waals surface area contributed by atoms with Crippen molar-refractivity contribution in [2.45, 2.75) is 12.5 Å². The lowest BCUT2D eigenvalue weighted by molar-refractivity contribution is 0.519. The minimum absolute atomic E-state index is 0.247. The van der Waals surface area contributed by atoms with Gasteiger partial charge in [0, 0.05) is 16.9 Å². The van der Waals surface area contributed by atoms with Crippen molar-refractivity contribution in [1.29, 1.82) is 0 Å². The van der Waals surface area contributed by atoms with Gasteiger partial charge in [0.05, 0.1) is 6.54 Å². The molecule has 1 heterocycles. The Kier molecular flexibility index (Phi) is 3.69. The van der Waals surface area contributed by atoms with Crippen molar-refractivity contribution in [1.82, 2.24) is 14.8 Å². The SMILES string of the molecule is NCC(Cn1cncn1)c1ccccc1Br. The van der Waals surface area contributed by atoms with Gasteiger partial charge in [0.1, 0.15) is 12.7 Å². The normalized spacial score (nSPS) is 12.6. The fourth-order valence-corrected chi connectivity index (χ4v) is 2.27. The molecule has 0 saturated heterocycles. The average molecular weight is 281 g/mol. The van der Waals surface area contributed by atoms with Crippen molar-refractivity contribution < 1.29 is 0 Å². The standard InChI is InChI=1S/C11H13BrN4/c12-11-4-2-1-3-10(11)9(5-13)6-16-8-14-7-15-16/h1-4,7-9H,5-6,13H2. The molecule has 0 bridgehead atoms. The third-order valence-corrected chi connectivity index (χ3v) is 3.23. The molecule has 0 spiro atoms. The maximum absolute atomic E-state index is 5.81. The molecule has 84 valence electrons. The predicted octanol–water partition coefficient (Wildman–Crippen LogP) is 1.78. The highest BCUT2D eigenvalue weighted by atomic mass is 79.9. The van der Waals surface area contributed by atoms with Crippen molar-refractivity contribution in [2.75, 3.05) is 6.54 Å². The van der Waals surface area contributed by atoms with Crippen LogP contribution in [0.4, 0.5) is 0 Å². The van der Waals surface area contributed by atoms with E-state index in [1.807, 2.05) is 18.2 Å². The van der Waals surface area contributed by atoms with E-state index in [2.05, 4.69) is 32.1 Å². The first-order valence-corrected chi connectivity index (χ1v) is 5.87. The molecule has 2 aromatic rings. The molecule has 0 aliphatic carbocycles. The molecule has 0 radical (unpaired) electrons. The van der Waals surface area contributed by atoms with Crippen LogP contribution in [0.15, 0.2) is 41.4 Å². The molecule has 1 aromatic carbocycles. The first-order valence-electron chi connectivity index (χ1n) is 5.08. The second kappa shape index (κ2) is 5.23. The number of nitrogens with two attached hydrogens (primary N) is 1. The van der Waals surface area contributed by atoms with Gasteiger partial charge in [-0.15, -0.1) is 0 Å². The number of nitrogens with zero attached hydrogens (tertiary/aromatic N) is 3. The highest BCUT2D eigenvalue weighted by Crippen LogP contribution is 2.25. The monoisotopic (exact) mass is 280 g/mol. The van der Waals surface area contributed by atoms with Crippen LogP contribution >= 0.6 is 15.9 Å². The van der Waals surface area contributed by atoms with Crippen molar-refractivity contribution in [3.8, 4) is 0 Å². The van der Waals surface area contributed by atoms with Crippen LogP contribution in [-0.4, -0.2) is 21.3 Å². The largest absolute Gasteiger partial charge is 0.330 e. The van der Waals surface area contributed by atoms with E-state index >= 15 is 0 Å². The molecule has 5 heteroatoms. The Morgan fingerprint density at radius 3 is 2.81 bits per heavy atom. The van der Waals surface area contributed by atoms with Gasteiger partial charge in [-0.1, -0.05) is 34.1 Å². The molecule has 2 rings (SSSR count). The zero-order valence-corrected chi connectivity index (χ0v) is 10.3. The topological polar surface area (TPSA) is 56.7 Å². The Bertz CT molecular complexity index is 441. The fourth-order valence-electron chi connectivity index (χ4n) is 1.66. The molecule has 16 heavy (non-hydrogen) atoms. The fraction of sp³-hybridized carbons (Fsp3) is 0.273. The molecule has 1 atom stereocenters. The summed E-state index contributed by atoms with van der Waals surface area (Å²) >= 11 is 3.54. The third-order valence-electron chi connectivity index (χ3n) is 2.50. The van der Waals surface area contributed by atoms with Crippen LogP contribution in [0.25, 0.3) is 0 Å². The molecule has 1 aromatic heterocycles. The molecule has 0 amide bonds. The number of benzene rings is 1. The number of rotatable bonds is 4. The van der Waals surface area contributed by atoms with Gasteiger partial charge in [0.15, 0.2) is 0 Å². The van der Waals surface area contributed by atoms with Crippen molar-refractivity contribution >= 4 is 15.9 Å². The molecular formula is C11H13BrN4. The molecule has 4 nitrogen and oxygen atoms in total. The summed E-state index contributed by atoms with van der Waals surface area (Å²) in [5, 5.41) is 4.09. The van der Waals surface area contributed by atoms with Gasteiger partial charge in [-0.2, -0.15) is 5.10 Å². The average Bonchev–Trinajstić information content (AvgIpc) is 2.80. The van der Waals surface area contributed by atoms with E-state index in [0.717, 1.165) is 11.0 Å². The lowest BCUT2D eigenvalue weighted by Gasteiger charge is -2.16. The molecule has 0 aliphatic rings. The molecule has 2 N–H and O–H groups in total. The Morgan fingerprint density at radius 2 is 2.19 bits per heavy atom. The number of aromatic nitrogens is 3. The van der Waals surface area contributed by atoms with Gasteiger partial charge in [-0.05, 0) is 11.6 Å². The predicted molar refractivity (Wildman–Crippen MR) is 66.0 cm³/mol. The van der Waals surface area contributed by atoms with Gasteiger partial charge in [-0.25, -0.2) is 4.98 Å². The summed E-state index contributed by atoms with van der Waals surface area (Å²) in [7, 11) is 0. The van der Waals surface area contributed by atoms with Gasteiger partial charge in [0.25, 0.3) is 0 Å². The number of halogens is 1. The minimum Gasteiger partial charge on any atom is -0.330 e. The first kappa shape index (κ1) is 11.3. The van der Waals surface area contributed by atoms with Crippen molar-refractivity contribution in [3.63, 3.8) is 0 Å². The molecular weight excluding hydrogens is 268 g/mol. The Morgan fingerprint density at radius 1 is 1.38 bits per heavy atom. The highest BCUT2D eigenvalue weighted by Gasteiger charge is 2.13. The molecule has 0 fully saturated rings. The number of hydrogen-bond acceptors (Lipinski definition) is 3. The van der Waals surface area contributed by atoms with E-state index in [1.165, 1.54) is 11.9 Å². The Labute approximate surface area is 103 Å². The van der Waals surface area contributed by atoms with Crippen molar-refractivity contribution in [2.24, 2.45) is 5.73 Å². The van der Waals surface area contributed by atoms with E-state index in [1.54, 1.807) is 11.0 Å². The van der Waals surface area contributed by atoms with Crippen LogP contribution in [0.2, 0.25) is 0 Å². The Hall–Kier alpha value is -1.20. The zero-order valence-electron chi connectivity index (χ0n) is 8.75. The van der Waals surface area contributed by atoms with Crippen LogP contribution in [0, 0.1) is 0 Å². The molecule has 0 aliphatic heterocycles. The van der Waals surface area contributed by atoms with E-state index in [9.17, 15) is 0 Å². The zero-order chi connectivity index (χ0) is 11.4. The second-order valence-electron chi connectivity index (χ2n) is 3.57. The van der Waals surface area contributed by atoms with E-state index in [-0.39, 0.29) is 5.92 Å². The summed E-state index contributed by atoms with van der Waals surface area (Å²) in [4.78, 5) is 3.92. The smallest absolute Gasteiger partial charge is 0.137 e. The van der Waals surface area contributed by atoms with Gasteiger partial charge in [-0.3, -0.25) is 4.68 Å². The summed E-state index contributed by atoms with van der Waals surface area (Å²) in [5.74, 6) is 0.247. The van der Waals surface area contributed by atoms with Crippen LogP contribution in [-0.2, 0) is 6.54 Å². The summed E-state index contributed by atoms with van der Waals surface area (Å²) in [5.41, 5.74) is 7.02. The lowest BCUT2D eigenvalue weighted by Crippen LogP contribution is -2.19. The van der Waals surface area contributed by atoms with Crippen molar-refractivity contribution in [3.05, 3.63) is 47.0 Å². The van der Waals surface area contributed by atoms with Gasteiger partial charge >= 0.3 is 0 Å². The van der Waals surface area contributed by atoms with Gasteiger partial charge in [0.2, 0.25) is 0 Å². The van der Waals surface area contributed by atoms with E-state index in [4.69, 9.17) is 5.73 Å². The molecule has 0 saturated carbocycles. The maximum atomic E-state index is 5.81. The maximum Gasteiger partial charge on any atom is 0.137 e. The van der Waals surface area contributed by atoms with Crippen LogP contribution < -0.4 is 5.73 Å². The minimum atomic E-state index is 0.247. The van der Waals surface area contributed by atoms with Crippen LogP contribution in [0.1, 0.15) is 11.5 Å². The highest BCUT2D eigenvalue weighted by molar-refractivity contribution is 9.10. The van der Waals surface area contributed by atoms with E-state index < -0.39 is 0 Å².